The topological polar surface area (TPSA) is 104 Å². The van der Waals surface area contributed by atoms with Crippen molar-refractivity contribution < 1.29 is 19.1 Å². The molecule has 3 aromatic rings. The van der Waals surface area contributed by atoms with Crippen molar-refractivity contribution in [3.8, 4) is 0 Å². The van der Waals surface area contributed by atoms with Gasteiger partial charge in [-0.1, -0.05) is 45.9 Å². The van der Waals surface area contributed by atoms with Gasteiger partial charge in [-0.15, -0.1) is 4.90 Å². The number of halogens is 1. The second-order valence-corrected chi connectivity index (χ2v) is 13.9. The van der Waals surface area contributed by atoms with Crippen LogP contribution in [0.5, 0.6) is 0 Å². The van der Waals surface area contributed by atoms with E-state index in [9.17, 15) is 14.4 Å². The molecule has 0 N–H and O–H groups in total. The van der Waals surface area contributed by atoms with Crippen LogP contribution >= 0.6 is 27.7 Å². The van der Waals surface area contributed by atoms with Gasteiger partial charge in [0.1, 0.15) is 11.2 Å². The van der Waals surface area contributed by atoms with E-state index in [2.05, 4.69) is 20.9 Å². The van der Waals surface area contributed by atoms with Crippen molar-refractivity contribution in [2.24, 2.45) is 7.05 Å². The van der Waals surface area contributed by atoms with Gasteiger partial charge in [0, 0.05) is 29.7 Å². The largest absolute Gasteiger partial charge is 0.443 e. The first-order chi connectivity index (χ1) is 18.6. The number of carbonyl (C=O) groups is 2. The van der Waals surface area contributed by atoms with Gasteiger partial charge in [-0.2, -0.15) is 0 Å². The first kappa shape index (κ1) is 29.8. The van der Waals surface area contributed by atoms with Crippen molar-refractivity contribution in [3.05, 3.63) is 80.8 Å². The summed E-state index contributed by atoms with van der Waals surface area (Å²) in [6.45, 7) is 10.1. The van der Waals surface area contributed by atoms with E-state index in [1.54, 1.807) is 59.5 Å². The molecule has 0 bridgehead atoms. The minimum Gasteiger partial charge on any atom is -0.443 e. The molecule has 0 saturated heterocycles. The van der Waals surface area contributed by atoms with Gasteiger partial charge in [0.05, 0.1) is 15.5 Å². The normalized spacial score (nSPS) is 18.6. The van der Waals surface area contributed by atoms with Gasteiger partial charge in [-0.05, 0) is 77.8 Å². The molecule has 1 saturated carbocycles. The Balaban J connectivity index is 1.81. The maximum absolute atomic E-state index is 13.3. The van der Waals surface area contributed by atoms with Crippen LogP contribution in [0.4, 0.5) is 15.5 Å². The van der Waals surface area contributed by atoms with Crippen LogP contribution in [0.25, 0.3) is 0 Å². The molecule has 212 valence electrons. The summed E-state index contributed by atoms with van der Waals surface area (Å²) in [5.74, 6) is -0.371. The number of benzene rings is 1. The fourth-order valence-electron chi connectivity index (χ4n) is 4.20. The molecule has 1 aliphatic carbocycles. The van der Waals surface area contributed by atoms with E-state index in [0.717, 1.165) is 19.6 Å². The molecule has 0 aliphatic heterocycles. The molecular weight excluding hydrogens is 596 g/mol. The highest BCUT2D eigenvalue weighted by molar-refractivity contribution is 9.10. The van der Waals surface area contributed by atoms with Gasteiger partial charge in [0.25, 0.3) is 5.56 Å². The molecule has 2 heterocycles. The van der Waals surface area contributed by atoms with Crippen LogP contribution in [0, 0.1) is 0 Å². The van der Waals surface area contributed by atoms with Crippen molar-refractivity contribution in [3.63, 3.8) is 0 Å². The summed E-state index contributed by atoms with van der Waals surface area (Å²) in [5.41, 5.74) is -0.727. The zero-order valence-corrected chi connectivity index (χ0v) is 26.0. The Morgan fingerprint density at radius 3 is 2.23 bits per heavy atom. The van der Waals surface area contributed by atoms with E-state index in [1.165, 1.54) is 13.1 Å². The molecule has 1 aliphatic rings. The van der Waals surface area contributed by atoms with Crippen molar-refractivity contribution in [1.29, 1.82) is 0 Å². The number of rotatable bonds is 5. The maximum Gasteiger partial charge on any atom is 0.427 e. The van der Waals surface area contributed by atoms with Crippen LogP contribution in [0.1, 0.15) is 65.1 Å². The molecule has 0 unspecified atom stereocenters. The molecule has 0 radical (unpaired) electrons. The molecule has 9 nitrogen and oxygen atoms in total. The van der Waals surface area contributed by atoms with Crippen LogP contribution in [-0.2, 0) is 21.3 Å². The summed E-state index contributed by atoms with van der Waals surface area (Å²) in [5, 5.41) is 0.832. The van der Waals surface area contributed by atoms with E-state index in [4.69, 9.17) is 14.5 Å². The van der Waals surface area contributed by atoms with Gasteiger partial charge in [0.2, 0.25) is 5.95 Å². The zero-order chi connectivity index (χ0) is 29.5. The van der Waals surface area contributed by atoms with Crippen molar-refractivity contribution in [2.45, 2.75) is 74.9 Å². The quantitative estimate of drug-likeness (QED) is 0.304. The third-order valence-electron chi connectivity index (χ3n) is 5.99. The molecule has 4 rings (SSSR count). The predicted molar refractivity (Wildman–Crippen MR) is 158 cm³/mol. The van der Waals surface area contributed by atoms with Crippen molar-refractivity contribution in [1.82, 2.24) is 14.5 Å². The number of carbonyl (C=O) groups excluding carboxylic acids is 2. The minimum atomic E-state index is -0.988. The first-order valence-corrected chi connectivity index (χ1v) is 14.4. The third kappa shape index (κ3) is 6.75. The monoisotopic (exact) mass is 628 g/mol. The lowest BCUT2D eigenvalue weighted by Gasteiger charge is -2.28. The van der Waals surface area contributed by atoms with E-state index < -0.39 is 33.7 Å². The highest BCUT2D eigenvalue weighted by Crippen LogP contribution is 2.68. The zero-order valence-electron chi connectivity index (χ0n) is 23.6. The molecule has 11 heteroatoms. The van der Waals surface area contributed by atoms with Gasteiger partial charge in [-0.3, -0.25) is 9.36 Å². The number of hydrogen-bond donors (Lipinski definition) is 0. The Morgan fingerprint density at radius 1 is 1.02 bits per heavy atom. The number of imide groups is 1. The van der Waals surface area contributed by atoms with Gasteiger partial charge in [0.15, 0.2) is 0 Å². The number of aromatic nitrogens is 3. The lowest BCUT2D eigenvalue weighted by atomic mass is 10.1. The molecule has 2 aromatic heterocycles. The lowest BCUT2D eigenvalue weighted by Crippen LogP contribution is -2.46. The number of ether oxygens (including phenoxy) is 2. The molecule has 2 amide bonds. The van der Waals surface area contributed by atoms with Crippen LogP contribution in [-0.4, -0.2) is 37.9 Å². The third-order valence-corrected chi connectivity index (χ3v) is 7.98. The summed E-state index contributed by atoms with van der Waals surface area (Å²) in [6.07, 6.45) is 0.433. The second-order valence-electron chi connectivity index (χ2n) is 11.6. The van der Waals surface area contributed by atoms with Crippen LogP contribution in [0.2, 0.25) is 0 Å². The Morgan fingerprint density at radius 2 is 1.68 bits per heavy atom. The number of thioether (sulfide) groups is 1. The fourth-order valence-corrected chi connectivity index (χ4v) is 5.99. The summed E-state index contributed by atoms with van der Waals surface area (Å²) in [4.78, 5) is 49.8. The summed E-state index contributed by atoms with van der Waals surface area (Å²) < 4.78 is 12.6. The summed E-state index contributed by atoms with van der Waals surface area (Å²) in [7, 11) is 1.45. The number of anilines is 1. The van der Waals surface area contributed by atoms with Crippen LogP contribution < -0.4 is 10.5 Å². The van der Waals surface area contributed by atoms with E-state index in [1.807, 2.05) is 42.5 Å². The molecule has 0 spiro atoms. The second kappa shape index (κ2) is 11.0. The van der Waals surface area contributed by atoms with Crippen molar-refractivity contribution in [2.75, 3.05) is 4.90 Å². The highest BCUT2D eigenvalue weighted by Gasteiger charge is 2.58. The van der Waals surface area contributed by atoms with Gasteiger partial charge < -0.3 is 9.47 Å². The van der Waals surface area contributed by atoms with Gasteiger partial charge >= 0.3 is 12.2 Å². The van der Waals surface area contributed by atoms with E-state index >= 15 is 0 Å². The Bertz CT molecular complexity index is 1450. The number of hydrogen-bond acceptors (Lipinski definition) is 8. The standard InChI is InChI=1S/C29H33BrN4O5S/c1-27(2,3)38-25(36)34(26(37)39-28(4,5)6)24-32-21(16-23(35)33(24)7)20-17-29(20,18-11-10-12-19(30)15-18)40-22-13-8-9-14-31-22/h8-16,20H,17H2,1-7H3/t20-,29-/m0/s1. The fraction of sp³-hybridized carbons (Fsp3) is 0.414. The molecule has 1 aromatic carbocycles. The molecule has 2 atom stereocenters. The minimum absolute atomic E-state index is 0.177. The first-order valence-electron chi connectivity index (χ1n) is 12.8. The summed E-state index contributed by atoms with van der Waals surface area (Å²) in [6, 6.07) is 15.2. The van der Waals surface area contributed by atoms with E-state index in [0.29, 0.717) is 17.0 Å². The summed E-state index contributed by atoms with van der Waals surface area (Å²) >= 11 is 5.17. The Labute approximate surface area is 246 Å². The lowest BCUT2D eigenvalue weighted by molar-refractivity contribution is 0.0425. The molecule has 40 heavy (non-hydrogen) atoms. The van der Waals surface area contributed by atoms with E-state index in [-0.39, 0.29) is 11.9 Å². The number of nitrogens with zero attached hydrogens (tertiary/aromatic N) is 4. The van der Waals surface area contributed by atoms with Crippen LogP contribution in [0.15, 0.2) is 69.0 Å². The average molecular weight is 630 g/mol. The smallest absolute Gasteiger partial charge is 0.427 e. The maximum atomic E-state index is 13.3. The molecule has 1 fully saturated rings. The Kier molecular flexibility index (Phi) is 8.20. The van der Waals surface area contributed by atoms with Crippen molar-refractivity contribution >= 4 is 45.8 Å². The average Bonchev–Trinajstić information content (AvgIpc) is 3.55. The molecular formula is C29H33BrN4O5S. The number of pyridine rings is 1. The van der Waals surface area contributed by atoms with Crippen LogP contribution in [0.3, 0.4) is 0 Å². The Hall–Kier alpha value is -3.18. The highest BCUT2D eigenvalue weighted by atomic mass is 79.9. The SMILES string of the molecule is Cn1c(N(C(=O)OC(C)(C)C)C(=O)OC(C)(C)C)nc([C@@H]2C[C@]2(Sc2ccccn2)c2cccc(Br)c2)cc1=O. The number of amides is 2. The van der Waals surface area contributed by atoms with Gasteiger partial charge in [-0.25, -0.2) is 19.6 Å². The predicted octanol–water partition coefficient (Wildman–Crippen LogP) is 6.79.